The van der Waals surface area contributed by atoms with E-state index in [0.717, 1.165) is 5.75 Å². The Bertz CT molecular complexity index is 565. The van der Waals surface area contributed by atoms with Crippen molar-refractivity contribution in [3.63, 3.8) is 0 Å². The molecule has 4 heteroatoms. The molecular weight excluding hydrogens is 240 g/mol. The van der Waals surface area contributed by atoms with Crippen molar-refractivity contribution >= 4 is 5.91 Å². The van der Waals surface area contributed by atoms with E-state index in [0.29, 0.717) is 18.0 Å². The van der Waals surface area contributed by atoms with Gasteiger partial charge in [-0.25, -0.2) is 0 Å². The van der Waals surface area contributed by atoms with E-state index in [1.807, 2.05) is 38.1 Å². The molecule has 1 aromatic carbocycles. The van der Waals surface area contributed by atoms with E-state index in [9.17, 15) is 4.79 Å². The second kappa shape index (κ2) is 6.00. The van der Waals surface area contributed by atoms with Crippen LogP contribution in [0.15, 0.2) is 42.6 Å². The minimum Gasteiger partial charge on any atom is -0.457 e. The number of nitrogens with one attached hydrogen (secondary N) is 1. The molecule has 0 spiro atoms. The minimum atomic E-state index is -0.197. The molecule has 0 aliphatic heterocycles. The summed E-state index contributed by atoms with van der Waals surface area (Å²) in [5.74, 6) is 1.13. The quantitative estimate of drug-likeness (QED) is 0.915. The Kier molecular flexibility index (Phi) is 4.13. The van der Waals surface area contributed by atoms with Gasteiger partial charge in [-0.15, -0.1) is 0 Å². The van der Waals surface area contributed by atoms with Crippen LogP contribution in [0.3, 0.4) is 0 Å². The average Bonchev–Trinajstić information content (AvgIpc) is 2.42. The lowest BCUT2D eigenvalue weighted by atomic mass is 10.2. The molecule has 0 fully saturated rings. The molecule has 0 aliphatic rings. The number of aromatic nitrogens is 1. The number of aryl methyl sites for hydroxylation is 1. The first-order valence-corrected chi connectivity index (χ1v) is 6.18. The molecule has 0 saturated carbocycles. The SMILES string of the molecule is CCNC(=O)c1cc(Oc2ccc(C)cc2)ccn1. The molecule has 98 valence electrons. The molecule has 0 saturated heterocycles. The summed E-state index contributed by atoms with van der Waals surface area (Å²) in [4.78, 5) is 15.7. The van der Waals surface area contributed by atoms with Crippen LogP contribution in [0.2, 0.25) is 0 Å². The van der Waals surface area contributed by atoms with Gasteiger partial charge < -0.3 is 10.1 Å². The third kappa shape index (κ3) is 3.55. The van der Waals surface area contributed by atoms with Gasteiger partial charge in [0.2, 0.25) is 0 Å². The number of carbonyl (C=O) groups excluding carboxylic acids is 1. The molecule has 19 heavy (non-hydrogen) atoms. The zero-order valence-electron chi connectivity index (χ0n) is 11.0. The Morgan fingerprint density at radius 1 is 1.21 bits per heavy atom. The van der Waals surface area contributed by atoms with Crippen LogP contribution >= 0.6 is 0 Å². The highest BCUT2D eigenvalue weighted by molar-refractivity contribution is 5.92. The largest absolute Gasteiger partial charge is 0.457 e. The lowest BCUT2D eigenvalue weighted by molar-refractivity contribution is 0.0950. The summed E-state index contributed by atoms with van der Waals surface area (Å²) < 4.78 is 5.68. The summed E-state index contributed by atoms with van der Waals surface area (Å²) in [6.07, 6.45) is 1.56. The maximum Gasteiger partial charge on any atom is 0.270 e. The van der Waals surface area contributed by atoms with Crippen LogP contribution in [0.4, 0.5) is 0 Å². The Morgan fingerprint density at radius 2 is 1.95 bits per heavy atom. The summed E-state index contributed by atoms with van der Waals surface area (Å²) in [6.45, 7) is 4.46. The van der Waals surface area contributed by atoms with Crippen LogP contribution in [-0.4, -0.2) is 17.4 Å². The smallest absolute Gasteiger partial charge is 0.270 e. The van der Waals surface area contributed by atoms with Crippen LogP contribution < -0.4 is 10.1 Å². The predicted molar refractivity (Wildman–Crippen MR) is 73.5 cm³/mol. The summed E-state index contributed by atoms with van der Waals surface area (Å²) in [6, 6.07) is 11.1. The molecule has 0 aliphatic carbocycles. The van der Waals surface area contributed by atoms with Crippen LogP contribution in [0.25, 0.3) is 0 Å². The highest BCUT2D eigenvalue weighted by Crippen LogP contribution is 2.21. The lowest BCUT2D eigenvalue weighted by Gasteiger charge is -2.07. The molecule has 1 heterocycles. The number of benzene rings is 1. The first kappa shape index (κ1) is 13.1. The van der Waals surface area contributed by atoms with Crippen molar-refractivity contribution in [1.29, 1.82) is 0 Å². The average molecular weight is 256 g/mol. The summed E-state index contributed by atoms with van der Waals surface area (Å²) in [5.41, 5.74) is 1.52. The van der Waals surface area contributed by atoms with Gasteiger partial charge in [0.1, 0.15) is 17.2 Å². The van der Waals surface area contributed by atoms with E-state index in [-0.39, 0.29) is 5.91 Å². The molecule has 1 aromatic heterocycles. The minimum absolute atomic E-state index is 0.197. The van der Waals surface area contributed by atoms with Crippen molar-refractivity contribution in [3.8, 4) is 11.5 Å². The fraction of sp³-hybridized carbons (Fsp3) is 0.200. The second-order valence-electron chi connectivity index (χ2n) is 4.15. The number of carbonyl (C=O) groups is 1. The highest BCUT2D eigenvalue weighted by atomic mass is 16.5. The molecular formula is C15H16N2O2. The van der Waals surface area contributed by atoms with Crippen molar-refractivity contribution in [2.24, 2.45) is 0 Å². The van der Waals surface area contributed by atoms with Crippen molar-refractivity contribution in [1.82, 2.24) is 10.3 Å². The standard InChI is InChI=1S/C15H16N2O2/c1-3-16-15(18)14-10-13(8-9-17-14)19-12-6-4-11(2)5-7-12/h4-10H,3H2,1-2H3,(H,16,18). The van der Waals surface area contributed by atoms with Gasteiger partial charge in [-0.05, 0) is 32.0 Å². The highest BCUT2D eigenvalue weighted by Gasteiger charge is 2.07. The maximum atomic E-state index is 11.7. The summed E-state index contributed by atoms with van der Waals surface area (Å²) in [7, 11) is 0. The van der Waals surface area contributed by atoms with Crippen molar-refractivity contribution in [2.45, 2.75) is 13.8 Å². The van der Waals surface area contributed by atoms with E-state index in [4.69, 9.17) is 4.74 Å². The van der Waals surface area contributed by atoms with Gasteiger partial charge in [0.15, 0.2) is 0 Å². The van der Waals surface area contributed by atoms with Gasteiger partial charge in [0.05, 0.1) is 0 Å². The van der Waals surface area contributed by atoms with Gasteiger partial charge in [-0.3, -0.25) is 9.78 Å². The van der Waals surface area contributed by atoms with Crippen molar-refractivity contribution in [2.75, 3.05) is 6.54 Å². The van der Waals surface area contributed by atoms with Crippen molar-refractivity contribution in [3.05, 3.63) is 53.9 Å². The number of amides is 1. The van der Waals surface area contributed by atoms with Crippen molar-refractivity contribution < 1.29 is 9.53 Å². The van der Waals surface area contributed by atoms with Gasteiger partial charge in [0.25, 0.3) is 5.91 Å². The zero-order chi connectivity index (χ0) is 13.7. The van der Waals surface area contributed by atoms with Gasteiger partial charge in [0, 0.05) is 18.8 Å². The van der Waals surface area contributed by atoms with Gasteiger partial charge in [-0.1, -0.05) is 17.7 Å². The fourth-order valence-electron chi connectivity index (χ4n) is 1.59. The topological polar surface area (TPSA) is 51.2 Å². The number of pyridine rings is 1. The third-order valence-corrected chi connectivity index (χ3v) is 2.56. The Morgan fingerprint density at radius 3 is 2.63 bits per heavy atom. The summed E-state index contributed by atoms with van der Waals surface area (Å²) >= 11 is 0. The molecule has 0 bridgehead atoms. The molecule has 0 atom stereocenters. The van der Waals surface area contributed by atoms with E-state index < -0.39 is 0 Å². The number of hydrogen-bond acceptors (Lipinski definition) is 3. The third-order valence-electron chi connectivity index (χ3n) is 2.56. The zero-order valence-corrected chi connectivity index (χ0v) is 11.0. The molecule has 1 N–H and O–H groups in total. The second-order valence-corrected chi connectivity index (χ2v) is 4.15. The monoisotopic (exact) mass is 256 g/mol. The molecule has 1 amide bonds. The fourth-order valence-corrected chi connectivity index (χ4v) is 1.59. The molecule has 4 nitrogen and oxygen atoms in total. The Labute approximate surface area is 112 Å². The van der Waals surface area contributed by atoms with Crippen LogP contribution in [0.5, 0.6) is 11.5 Å². The molecule has 0 unspecified atom stereocenters. The normalized spacial score (nSPS) is 10.0. The van der Waals surface area contributed by atoms with E-state index in [1.54, 1.807) is 18.3 Å². The molecule has 2 rings (SSSR count). The first-order chi connectivity index (χ1) is 9.19. The Balaban J connectivity index is 2.15. The van der Waals surface area contributed by atoms with E-state index in [1.165, 1.54) is 5.56 Å². The maximum absolute atomic E-state index is 11.7. The van der Waals surface area contributed by atoms with Crippen LogP contribution in [0, 0.1) is 6.92 Å². The van der Waals surface area contributed by atoms with Gasteiger partial charge in [-0.2, -0.15) is 0 Å². The number of hydrogen-bond donors (Lipinski definition) is 1. The summed E-state index contributed by atoms with van der Waals surface area (Å²) in [5, 5.41) is 2.70. The number of ether oxygens (including phenoxy) is 1. The van der Waals surface area contributed by atoms with Crippen LogP contribution in [0.1, 0.15) is 23.0 Å². The molecule has 2 aromatic rings. The first-order valence-electron chi connectivity index (χ1n) is 6.18. The van der Waals surface area contributed by atoms with E-state index >= 15 is 0 Å². The van der Waals surface area contributed by atoms with Gasteiger partial charge >= 0.3 is 0 Å². The molecule has 0 radical (unpaired) electrons. The Hall–Kier alpha value is -2.36. The number of nitrogens with zero attached hydrogens (tertiary/aromatic N) is 1. The lowest BCUT2D eigenvalue weighted by Crippen LogP contribution is -2.23. The van der Waals surface area contributed by atoms with E-state index in [2.05, 4.69) is 10.3 Å². The predicted octanol–water partition coefficient (Wildman–Crippen LogP) is 2.93. The van der Waals surface area contributed by atoms with Crippen LogP contribution in [-0.2, 0) is 0 Å². The number of rotatable bonds is 4.